The highest BCUT2D eigenvalue weighted by molar-refractivity contribution is 5.95. The molecule has 0 bridgehead atoms. The molecule has 9 nitrogen and oxygen atoms in total. The van der Waals surface area contributed by atoms with Crippen molar-refractivity contribution < 1.29 is 18.4 Å². The number of hydrazone groups is 1. The Morgan fingerprint density at radius 3 is 2.54 bits per heavy atom. The third-order valence-electron chi connectivity index (χ3n) is 11.1. The number of nitrogens with one attached hydrogen (secondary N) is 1. The summed E-state index contributed by atoms with van der Waals surface area (Å²) < 4.78 is 30.8. The van der Waals surface area contributed by atoms with Gasteiger partial charge in [0.25, 0.3) is 5.91 Å². The number of rotatable bonds is 8. The number of piperidine rings is 2. The number of hydrogen-bond acceptors (Lipinski definition) is 8. The molecule has 5 aliphatic heterocycles. The van der Waals surface area contributed by atoms with Crippen molar-refractivity contribution in [2.24, 2.45) is 11.0 Å². The molecule has 1 N–H and O–H groups in total. The molecule has 5 heterocycles. The second-order valence-corrected chi connectivity index (χ2v) is 14.8. The summed E-state index contributed by atoms with van der Waals surface area (Å²) in [6.45, 7) is 16.5. The van der Waals surface area contributed by atoms with Gasteiger partial charge in [0.1, 0.15) is 11.9 Å². The van der Waals surface area contributed by atoms with Crippen LogP contribution < -0.4 is 5.32 Å². The Kier molecular flexibility index (Phi) is 12.1. The third-order valence-corrected chi connectivity index (χ3v) is 11.1. The molecule has 2 saturated heterocycles. The second kappa shape index (κ2) is 16.7. The summed E-state index contributed by atoms with van der Waals surface area (Å²) in [5.41, 5.74) is 5.26. The molecule has 0 radical (unpaired) electrons. The summed E-state index contributed by atoms with van der Waals surface area (Å²) in [6, 6.07) is 3.25. The summed E-state index contributed by atoms with van der Waals surface area (Å²) >= 11 is 0. The molecular formula is C41H55F2N7O2. The Morgan fingerprint density at radius 2 is 1.87 bits per heavy atom. The molecule has 6 rings (SSSR count). The van der Waals surface area contributed by atoms with Gasteiger partial charge in [-0.05, 0) is 119 Å². The summed E-state index contributed by atoms with van der Waals surface area (Å²) in [7, 11) is 3.56. The van der Waals surface area contributed by atoms with Gasteiger partial charge in [0.05, 0.1) is 23.3 Å². The lowest BCUT2D eigenvalue weighted by Crippen LogP contribution is -2.42. The van der Waals surface area contributed by atoms with Crippen molar-refractivity contribution in [2.45, 2.75) is 71.4 Å². The van der Waals surface area contributed by atoms with Crippen LogP contribution in [0, 0.1) is 18.7 Å². The Balaban J connectivity index is 1.10. The summed E-state index contributed by atoms with van der Waals surface area (Å²) in [4.78, 5) is 26.3. The number of hydroxylamine groups is 2. The van der Waals surface area contributed by atoms with Gasteiger partial charge in [0.15, 0.2) is 5.83 Å². The van der Waals surface area contributed by atoms with Crippen LogP contribution in [0.25, 0.3) is 5.57 Å². The Morgan fingerprint density at radius 1 is 1.12 bits per heavy atom. The molecule has 0 saturated carbocycles. The minimum Gasteiger partial charge on any atom is -0.386 e. The number of carbonyl (C=O) groups is 1. The third kappa shape index (κ3) is 8.59. The van der Waals surface area contributed by atoms with Gasteiger partial charge in [-0.3, -0.25) is 19.5 Å². The fourth-order valence-corrected chi connectivity index (χ4v) is 8.12. The predicted octanol–water partition coefficient (Wildman–Crippen LogP) is 6.75. The maximum Gasteiger partial charge on any atom is 0.253 e. The number of nitrogens with zero attached hydrogens (tertiary/aromatic N) is 6. The maximum absolute atomic E-state index is 15.8. The molecule has 0 aliphatic carbocycles. The van der Waals surface area contributed by atoms with Gasteiger partial charge in [-0.15, -0.1) is 0 Å². The number of halogens is 2. The smallest absolute Gasteiger partial charge is 0.253 e. The number of amides is 1. The van der Waals surface area contributed by atoms with Crippen LogP contribution in [0.1, 0.15) is 73.9 Å². The first-order chi connectivity index (χ1) is 25.0. The Labute approximate surface area is 308 Å². The van der Waals surface area contributed by atoms with Crippen LogP contribution in [0.15, 0.2) is 82.8 Å². The molecule has 0 aromatic heterocycles. The molecule has 2 unspecified atom stereocenters. The molecule has 5 aliphatic rings. The van der Waals surface area contributed by atoms with Crippen LogP contribution in [-0.2, 0) is 4.84 Å². The van der Waals surface area contributed by atoms with Crippen molar-refractivity contribution in [3.8, 4) is 0 Å². The first kappa shape index (κ1) is 37.7. The fourth-order valence-electron chi connectivity index (χ4n) is 8.12. The summed E-state index contributed by atoms with van der Waals surface area (Å²) in [6.07, 6.45) is 16.7. The zero-order valence-corrected chi connectivity index (χ0v) is 31.5. The molecule has 280 valence electrons. The predicted molar refractivity (Wildman–Crippen MR) is 204 cm³/mol. The zero-order valence-electron chi connectivity index (χ0n) is 31.5. The number of aryl methyl sites for hydroxylation is 1. The van der Waals surface area contributed by atoms with Crippen molar-refractivity contribution in [3.05, 3.63) is 100 Å². The first-order valence-corrected chi connectivity index (χ1v) is 18.9. The summed E-state index contributed by atoms with van der Waals surface area (Å²) in [5.74, 6) is -0.226. The van der Waals surface area contributed by atoms with E-state index in [0.717, 1.165) is 49.3 Å². The lowest BCUT2D eigenvalue weighted by Gasteiger charge is -2.36. The van der Waals surface area contributed by atoms with E-state index in [1.54, 1.807) is 25.4 Å². The van der Waals surface area contributed by atoms with Crippen LogP contribution in [0.3, 0.4) is 0 Å². The molecule has 0 spiro atoms. The molecule has 2 fully saturated rings. The van der Waals surface area contributed by atoms with E-state index >= 15 is 4.39 Å². The fraction of sp³-hybridized carbons (Fsp3) is 0.512. The molecular weight excluding hydrogens is 660 g/mol. The average molecular weight is 716 g/mol. The monoisotopic (exact) mass is 715 g/mol. The van der Waals surface area contributed by atoms with Crippen LogP contribution >= 0.6 is 0 Å². The largest absolute Gasteiger partial charge is 0.386 e. The van der Waals surface area contributed by atoms with Crippen molar-refractivity contribution in [1.29, 1.82) is 0 Å². The second-order valence-electron chi connectivity index (χ2n) is 14.8. The van der Waals surface area contributed by atoms with Gasteiger partial charge in [-0.25, -0.2) is 13.8 Å². The molecule has 52 heavy (non-hydrogen) atoms. The highest BCUT2D eigenvalue weighted by atomic mass is 19.1. The highest BCUT2D eigenvalue weighted by Gasteiger charge is 2.29. The SMILES string of the molecule is C=C1/C=C(/C(C)N2CC=C(c3c(C)cc(C(=O)N4CCC(CN5CCCCC5)CC4)cc3F)CC2)N(C)/N=C\C=C/1N1C=C(F)C(NC)=CC(C)O1. The summed E-state index contributed by atoms with van der Waals surface area (Å²) in [5, 5.41) is 10.7. The number of likely N-dealkylation sites (tertiary alicyclic amines) is 2. The topological polar surface area (TPSA) is 66.9 Å². The average Bonchev–Trinajstić information content (AvgIpc) is 3.28. The van der Waals surface area contributed by atoms with Crippen LogP contribution in [0.5, 0.6) is 0 Å². The van der Waals surface area contributed by atoms with Gasteiger partial charge in [0, 0.05) is 70.2 Å². The van der Waals surface area contributed by atoms with Gasteiger partial charge in [-0.2, -0.15) is 5.10 Å². The van der Waals surface area contributed by atoms with Crippen molar-refractivity contribution in [1.82, 2.24) is 30.1 Å². The van der Waals surface area contributed by atoms with Crippen LogP contribution in [-0.4, -0.2) is 109 Å². The van der Waals surface area contributed by atoms with Crippen molar-refractivity contribution >= 4 is 17.7 Å². The van der Waals surface area contributed by atoms with E-state index in [1.165, 1.54) is 49.7 Å². The van der Waals surface area contributed by atoms with E-state index in [9.17, 15) is 9.18 Å². The lowest BCUT2D eigenvalue weighted by molar-refractivity contribution is -0.114. The molecule has 1 amide bonds. The number of likely N-dealkylation sites (N-methyl/N-ethyl adjacent to an activating group) is 2. The van der Waals surface area contributed by atoms with Crippen molar-refractivity contribution in [2.75, 3.05) is 59.9 Å². The molecule has 11 heteroatoms. The van der Waals surface area contributed by atoms with Gasteiger partial charge >= 0.3 is 0 Å². The van der Waals surface area contributed by atoms with Gasteiger partial charge in [0.2, 0.25) is 0 Å². The first-order valence-electron chi connectivity index (χ1n) is 18.9. The maximum atomic E-state index is 15.8. The highest BCUT2D eigenvalue weighted by Crippen LogP contribution is 2.33. The molecule has 2 atom stereocenters. The van der Waals surface area contributed by atoms with Gasteiger partial charge in [-0.1, -0.05) is 19.1 Å². The molecule has 1 aromatic rings. The number of allylic oxidation sites excluding steroid dienone is 3. The Hall–Kier alpha value is -4.06. The van der Waals surface area contributed by atoms with E-state index in [1.807, 2.05) is 42.9 Å². The number of hydrogen-bond donors (Lipinski definition) is 1. The van der Waals surface area contributed by atoms with E-state index in [0.29, 0.717) is 53.5 Å². The normalized spacial score (nSPS) is 26.1. The van der Waals surface area contributed by atoms with Crippen LogP contribution in [0.2, 0.25) is 0 Å². The Bertz CT molecular complexity index is 1670. The number of benzene rings is 1. The van der Waals surface area contributed by atoms with E-state index in [4.69, 9.17) is 4.84 Å². The van der Waals surface area contributed by atoms with Gasteiger partial charge < -0.3 is 15.1 Å². The zero-order chi connectivity index (χ0) is 36.9. The number of carbonyl (C=O) groups excluding carboxylic acids is 1. The van der Waals surface area contributed by atoms with Crippen molar-refractivity contribution in [3.63, 3.8) is 0 Å². The minimum atomic E-state index is -0.448. The minimum absolute atomic E-state index is 0.0557. The lowest BCUT2D eigenvalue weighted by atomic mass is 9.92. The quantitative estimate of drug-likeness (QED) is 0.320. The molecule has 1 aromatic carbocycles. The standard InChI is InChI=1S/C41H55F2N7O2/c1-28-23-39(46(6)45-15-10-38(28)50-27-36(43)37(44-5)24-30(3)52-50)31(4)48-20-13-33(14-21-48)40-29(2)22-34(25-35(40)42)41(51)49-18-11-32(12-19-49)26-47-16-8-7-9-17-47/h10,13,15,22-25,27,30-32,44H,1,7-9,11-12,14,16-21,26H2,2-6H3/b38-10+,39-23-,45-15-. The van der Waals surface area contributed by atoms with E-state index < -0.39 is 5.83 Å². The van der Waals surface area contributed by atoms with Crippen LogP contribution in [0.4, 0.5) is 8.78 Å². The van der Waals surface area contributed by atoms with E-state index in [-0.39, 0.29) is 23.9 Å². The van der Waals surface area contributed by atoms with E-state index in [2.05, 4.69) is 39.8 Å².